The third-order valence-electron chi connectivity index (χ3n) is 3.24. The molecule has 0 spiro atoms. The Labute approximate surface area is 94.0 Å². The average molecular weight is 214 g/mol. The van der Waals surface area contributed by atoms with Crippen LogP contribution in [-0.4, -0.2) is 43.8 Å². The molecule has 1 saturated heterocycles. The lowest BCUT2D eigenvalue weighted by molar-refractivity contribution is 0.0630. The minimum atomic E-state index is 0.582. The van der Waals surface area contributed by atoms with Gasteiger partial charge in [-0.2, -0.15) is 0 Å². The largest absolute Gasteiger partial charge is 0.380 e. The smallest absolute Gasteiger partial charge is 0.0593 e. The molecule has 3 nitrogen and oxygen atoms in total. The number of nitrogens with two attached hydrogens (primary N) is 1. The molecule has 0 radical (unpaired) electrons. The summed E-state index contributed by atoms with van der Waals surface area (Å²) in [7, 11) is 0. The highest BCUT2D eigenvalue weighted by Gasteiger charge is 2.24. The maximum atomic E-state index is 5.80. The molecule has 1 aliphatic rings. The monoisotopic (exact) mass is 214 g/mol. The fraction of sp³-hybridized carbons (Fsp3) is 1.00. The van der Waals surface area contributed by atoms with E-state index in [9.17, 15) is 0 Å². The van der Waals surface area contributed by atoms with Crippen LogP contribution in [0.2, 0.25) is 0 Å². The lowest BCUT2D eigenvalue weighted by atomic mass is 9.92. The zero-order valence-electron chi connectivity index (χ0n) is 10.2. The maximum absolute atomic E-state index is 5.80. The number of rotatable bonds is 6. The topological polar surface area (TPSA) is 38.5 Å². The van der Waals surface area contributed by atoms with Gasteiger partial charge in [-0.15, -0.1) is 0 Å². The highest BCUT2D eigenvalue weighted by molar-refractivity contribution is 4.80. The minimum Gasteiger partial charge on any atom is -0.380 e. The fourth-order valence-corrected chi connectivity index (χ4v) is 2.27. The Morgan fingerprint density at radius 3 is 2.87 bits per heavy atom. The zero-order chi connectivity index (χ0) is 11.1. The molecular formula is C12H26N2O. The molecule has 15 heavy (non-hydrogen) atoms. The summed E-state index contributed by atoms with van der Waals surface area (Å²) >= 11 is 0. The predicted molar refractivity (Wildman–Crippen MR) is 63.9 cm³/mol. The first kappa shape index (κ1) is 12.9. The van der Waals surface area contributed by atoms with Crippen LogP contribution in [0.3, 0.4) is 0 Å². The summed E-state index contributed by atoms with van der Waals surface area (Å²) in [6.45, 7) is 9.25. The molecule has 1 rings (SSSR count). The third kappa shape index (κ3) is 4.49. The second kappa shape index (κ2) is 7.20. The molecule has 0 aromatic carbocycles. The normalized spacial score (nSPS) is 28.2. The molecule has 2 atom stereocenters. The Balaban J connectivity index is 2.20. The molecule has 3 heteroatoms. The van der Waals surface area contributed by atoms with E-state index in [0.717, 1.165) is 38.6 Å². The van der Waals surface area contributed by atoms with E-state index in [0.29, 0.717) is 6.04 Å². The Bertz CT molecular complexity index is 164. The van der Waals surface area contributed by atoms with Gasteiger partial charge in [-0.25, -0.2) is 0 Å². The van der Waals surface area contributed by atoms with Crippen LogP contribution in [0.4, 0.5) is 0 Å². The third-order valence-corrected chi connectivity index (χ3v) is 3.24. The van der Waals surface area contributed by atoms with Gasteiger partial charge in [0, 0.05) is 25.7 Å². The summed E-state index contributed by atoms with van der Waals surface area (Å²) in [6.07, 6.45) is 3.67. The predicted octanol–water partition coefficient (Wildman–Crippen LogP) is 1.47. The molecule has 0 bridgehead atoms. The van der Waals surface area contributed by atoms with Crippen molar-refractivity contribution >= 4 is 0 Å². The van der Waals surface area contributed by atoms with Crippen LogP contribution in [-0.2, 0) is 4.74 Å². The second-order valence-electron chi connectivity index (χ2n) is 4.67. The lowest BCUT2D eigenvalue weighted by Crippen LogP contribution is -2.47. The van der Waals surface area contributed by atoms with Crippen LogP contribution in [0.25, 0.3) is 0 Å². The van der Waals surface area contributed by atoms with Gasteiger partial charge in [0.1, 0.15) is 0 Å². The van der Waals surface area contributed by atoms with Crippen molar-refractivity contribution in [1.29, 1.82) is 0 Å². The van der Waals surface area contributed by atoms with Gasteiger partial charge >= 0.3 is 0 Å². The van der Waals surface area contributed by atoms with Crippen LogP contribution in [0, 0.1) is 5.92 Å². The van der Waals surface area contributed by atoms with Gasteiger partial charge in [-0.05, 0) is 31.7 Å². The zero-order valence-corrected chi connectivity index (χ0v) is 10.2. The Kier molecular flexibility index (Phi) is 6.22. The van der Waals surface area contributed by atoms with E-state index in [2.05, 4.69) is 18.7 Å². The van der Waals surface area contributed by atoms with Crippen molar-refractivity contribution < 1.29 is 4.74 Å². The number of nitrogens with zero attached hydrogens (tertiary/aromatic N) is 1. The number of likely N-dealkylation sites (tertiary alicyclic amines) is 1. The van der Waals surface area contributed by atoms with Crippen LogP contribution >= 0.6 is 0 Å². The maximum Gasteiger partial charge on any atom is 0.0593 e. The van der Waals surface area contributed by atoms with Gasteiger partial charge in [-0.1, -0.05) is 13.8 Å². The van der Waals surface area contributed by atoms with Gasteiger partial charge in [-0.3, -0.25) is 4.90 Å². The van der Waals surface area contributed by atoms with Crippen LogP contribution in [0.5, 0.6) is 0 Å². The van der Waals surface area contributed by atoms with Gasteiger partial charge in [0.25, 0.3) is 0 Å². The number of ether oxygens (including phenoxy) is 1. The molecule has 0 aliphatic carbocycles. The van der Waals surface area contributed by atoms with Crippen molar-refractivity contribution in [3.63, 3.8) is 0 Å². The number of hydrogen-bond acceptors (Lipinski definition) is 3. The SMILES string of the molecule is CCCOCCN1CCC(C)CC1CN. The number of piperidine rings is 1. The van der Waals surface area contributed by atoms with Gasteiger partial charge < -0.3 is 10.5 Å². The fourth-order valence-electron chi connectivity index (χ4n) is 2.27. The Hall–Kier alpha value is -0.120. The van der Waals surface area contributed by atoms with Crippen molar-refractivity contribution in [3.05, 3.63) is 0 Å². The molecule has 0 saturated carbocycles. The average Bonchev–Trinajstić information content (AvgIpc) is 2.26. The first-order chi connectivity index (χ1) is 7.27. The molecule has 0 aromatic rings. The summed E-state index contributed by atoms with van der Waals surface area (Å²) in [5.74, 6) is 0.839. The van der Waals surface area contributed by atoms with Crippen molar-refractivity contribution in [2.45, 2.75) is 39.2 Å². The van der Waals surface area contributed by atoms with Crippen LogP contribution in [0.15, 0.2) is 0 Å². The minimum absolute atomic E-state index is 0.582. The van der Waals surface area contributed by atoms with E-state index in [4.69, 9.17) is 10.5 Å². The number of hydrogen-bond donors (Lipinski definition) is 1. The van der Waals surface area contributed by atoms with Crippen molar-refractivity contribution in [2.24, 2.45) is 11.7 Å². The Morgan fingerprint density at radius 1 is 1.40 bits per heavy atom. The summed E-state index contributed by atoms with van der Waals surface area (Å²) in [4.78, 5) is 2.50. The molecule has 90 valence electrons. The van der Waals surface area contributed by atoms with Gasteiger partial charge in [0.2, 0.25) is 0 Å². The summed E-state index contributed by atoms with van der Waals surface area (Å²) < 4.78 is 5.52. The van der Waals surface area contributed by atoms with Gasteiger partial charge in [0.05, 0.1) is 6.61 Å². The standard InChI is InChI=1S/C12H26N2O/c1-3-7-15-8-6-14-5-4-11(2)9-12(14)10-13/h11-12H,3-10,13H2,1-2H3. The molecule has 2 N–H and O–H groups in total. The molecule has 1 heterocycles. The molecule has 1 fully saturated rings. The van der Waals surface area contributed by atoms with Crippen molar-refractivity contribution in [3.8, 4) is 0 Å². The second-order valence-corrected chi connectivity index (χ2v) is 4.67. The summed E-state index contributed by atoms with van der Waals surface area (Å²) in [5, 5.41) is 0. The van der Waals surface area contributed by atoms with E-state index in [1.54, 1.807) is 0 Å². The van der Waals surface area contributed by atoms with Gasteiger partial charge in [0.15, 0.2) is 0 Å². The lowest BCUT2D eigenvalue weighted by Gasteiger charge is -2.37. The molecule has 0 amide bonds. The van der Waals surface area contributed by atoms with Crippen molar-refractivity contribution in [1.82, 2.24) is 4.90 Å². The molecular weight excluding hydrogens is 188 g/mol. The van der Waals surface area contributed by atoms with E-state index in [-0.39, 0.29) is 0 Å². The molecule has 0 aromatic heterocycles. The van der Waals surface area contributed by atoms with Crippen molar-refractivity contribution in [2.75, 3.05) is 32.8 Å². The van der Waals surface area contributed by atoms with E-state index in [1.165, 1.54) is 19.4 Å². The summed E-state index contributed by atoms with van der Waals surface area (Å²) in [5.41, 5.74) is 5.80. The Morgan fingerprint density at radius 2 is 2.20 bits per heavy atom. The first-order valence-corrected chi connectivity index (χ1v) is 6.29. The van der Waals surface area contributed by atoms with Crippen LogP contribution in [0.1, 0.15) is 33.1 Å². The highest BCUT2D eigenvalue weighted by Crippen LogP contribution is 2.21. The molecule has 2 unspecified atom stereocenters. The van der Waals surface area contributed by atoms with E-state index in [1.807, 2.05) is 0 Å². The first-order valence-electron chi connectivity index (χ1n) is 6.29. The van der Waals surface area contributed by atoms with Crippen LogP contribution < -0.4 is 5.73 Å². The van der Waals surface area contributed by atoms with E-state index < -0.39 is 0 Å². The molecule has 1 aliphatic heterocycles. The summed E-state index contributed by atoms with van der Waals surface area (Å²) in [6, 6.07) is 0.582. The quantitative estimate of drug-likeness (QED) is 0.681. The highest BCUT2D eigenvalue weighted by atomic mass is 16.5. The van der Waals surface area contributed by atoms with E-state index >= 15 is 0 Å².